The van der Waals surface area contributed by atoms with Gasteiger partial charge in [0.25, 0.3) is 0 Å². The van der Waals surface area contributed by atoms with Gasteiger partial charge in [-0.25, -0.2) is 0 Å². The van der Waals surface area contributed by atoms with Gasteiger partial charge < -0.3 is 0 Å². The van der Waals surface area contributed by atoms with Crippen molar-refractivity contribution in [1.29, 1.82) is 0 Å². The fourth-order valence-corrected chi connectivity index (χ4v) is 3.32. The minimum Gasteiger partial charge on any atom is -0.126 e. The second kappa shape index (κ2) is 6.52. The van der Waals surface area contributed by atoms with E-state index < -0.39 is 0 Å². The molecule has 0 amide bonds. The molecule has 0 aliphatic heterocycles. The number of halogens is 4. The molecule has 0 unspecified atom stereocenters. The molecule has 0 spiro atoms. The molecule has 0 radical (unpaired) electrons. The molecule has 0 aliphatic carbocycles. The molecule has 4 heteroatoms. The van der Waals surface area contributed by atoms with Gasteiger partial charge in [0.05, 0.1) is 0 Å². The van der Waals surface area contributed by atoms with Gasteiger partial charge in [-0.2, -0.15) is 0 Å². The molecule has 17 heavy (non-hydrogen) atoms. The van der Waals surface area contributed by atoms with Crippen LogP contribution in [0.15, 0.2) is 18.2 Å². The third-order valence-electron chi connectivity index (χ3n) is 3.35. The van der Waals surface area contributed by atoms with Crippen LogP contribution in [0.5, 0.6) is 0 Å². The van der Waals surface area contributed by atoms with Crippen molar-refractivity contribution in [3.05, 3.63) is 33.8 Å². The third kappa shape index (κ3) is 3.44. The van der Waals surface area contributed by atoms with Gasteiger partial charge in [-0.05, 0) is 30.0 Å². The van der Waals surface area contributed by atoms with E-state index in [0.717, 1.165) is 5.56 Å². The van der Waals surface area contributed by atoms with Gasteiger partial charge in [-0.15, -0.1) is 23.2 Å². The molecule has 1 rings (SSSR count). The molecule has 0 aromatic heterocycles. The molecule has 0 atom stereocenters. The lowest BCUT2D eigenvalue weighted by molar-refractivity contribution is 0.259. The largest absolute Gasteiger partial charge is 0.126 e. The van der Waals surface area contributed by atoms with E-state index >= 15 is 0 Å². The average molecular weight is 314 g/mol. The van der Waals surface area contributed by atoms with Crippen molar-refractivity contribution in [1.82, 2.24) is 0 Å². The number of alkyl halides is 2. The molecule has 0 fully saturated rings. The van der Waals surface area contributed by atoms with Gasteiger partial charge in [0.2, 0.25) is 0 Å². The van der Waals surface area contributed by atoms with Gasteiger partial charge in [0.15, 0.2) is 0 Å². The molecular weight excluding hydrogens is 298 g/mol. The van der Waals surface area contributed by atoms with Crippen LogP contribution in [-0.4, -0.2) is 11.8 Å². The first-order valence-electron chi connectivity index (χ1n) is 5.51. The maximum atomic E-state index is 6.18. The van der Waals surface area contributed by atoms with Crippen LogP contribution in [0.4, 0.5) is 0 Å². The zero-order chi connectivity index (χ0) is 13.1. The highest BCUT2D eigenvalue weighted by molar-refractivity contribution is 6.36. The lowest BCUT2D eigenvalue weighted by Crippen LogP contribution is -2.34. The first-order chi connectivity index (χ1) is 7.96. The maximum Gasteiger partial charge on any atom is 0.0453 e. The van der Waals surface area contributed by atoms with E-state index in [9.17, 15) is 0 Å². The van der Waals surface area contributed by atoms with E-state index in [4.69, 9.17) is 46.4 Å². The second-order valence-electron chi connectivity index (χ2n) is 4.66. The minimum atomic E-state index is -0.169. The summed E-state index contributed by atoms with van der Waals surface area (Å²) in [5, 5.41) is 1.36. The van der Waals surface area contributed by atoms with Crippen LogP contribution < -0.4 is 0 Å². The Morgan fingerprint density at radius 2 is 1.53 bits per heavy atom. The van der Waals surface area contributed by atoms with Crippen LogP contribution in [0, 0.1) is 11.3 Å². The molecule has 0 saturated heterocycles. The highest BCUT2D eigenvalue weighted by atomic mass is 35.5. The van der Waals surface area contributed by atoms with Crippen LogP contribution >= 0.6 is 46.4 Å². The Kier molecular flexibility index (Phi) is 5.92. The number of benzene rings is 1. The molecular formula is C13H16Cl4. The van der Waals surface area contributed by atoms with Gasteiger partial charge in [-0.1, -0.05) is 43.1 Å². The molecule has 1 aromatic carbocycles. The van der Waals surface area contributed by atoms with Crippen molar-refractivity contribution in [3.8, 4) is 0 Å². The fraction of sp³-hybridized carbons (Fsp3) is 0.538. The molecule has 0 bridgehead atoms. The highest BCUT2D eigenvalue weighted by Gasteiger charge is 2.33. The lowest BCUT2D eigenvalue weighted by atomic mass is 9.76. The van der Waals surface area contributed by atoms with Gasteiger partial charge in [0.1, 0.15) is 0 Å². The monoisotopic (exact) mass is 312 g/mol. The third-order valence-corrected chi connectivity index (χ3v) is 5.12. The number of hydrogen-bond acceptors (Lipinski definition) is 0. The summed E-state index contributed by atoms with van der Waals surface area (Å²) in [6, 6.07) is 5.53. The fourth-order valence-electron chi connectivity index (χ4n) is 1.70. The van der Waals surface area contributed by atoms with Gasteiger partial charge >= 0.3 is 0 Å². The van der Waals surface area contributed by atoms with Crippen LogP contribution in [0.25, 0.3) is 0 Å². The summed E-state index contributed by atoms with van der Waals surface area (Å²) in [7, 11) is 0. The molecule has 0 N–H and O–H groups in total. The summed E-state index contributed by atoms with van der Waals surface area (Å²) in [5.41, 5.74) is 0.767. The molecule has 0 heterocycles. The molecule has 96 valence electrons. The summed E-state index contributed by atoms with van der Waals surface area (Å²) in [6.45, 7) is 4.24. The Morgan fingerprint density at radius 1 is 1.06 bits per heavy atom. The quantitative estimate of drug-likeness (QED) is 0.616. The Hall–Kier alpha value is 0.380. The average Bonchev–Trinajstić information content (AvgIpc) is 2.29. The van der Waals surface area contributed by atoms with Crippen molar-refractivity contribution in [2.45, 2.75) is 20.3 Å². The van der Waals surface area contributed by atoms with Crippen molar-refractivity contribution in [3.63, 3.8) is 0 Å². The first kappa shape index (κ1) is 15.4. The van der Waals surface area contributed by atoms with E-state index in [1.165, 1.54) is 0 Å². The molecule has 0 aliphatic rings. The molecule has 1 aromatic rings. The minimum absolute atomic E-state index is 0.169. The Morgan fingerprint density at radius 3 is 1.88 bits per heavy atom. The Balaban J connectivity index is 3.10. The highest BCUT2D eigenvalue weighted by Crippen LogP contribution is 2.38. The Labute approximate surface area is 123 Å². The van der Waals surface area contributed by atoms with E-state index in [-0.39, 0.29) is 5.41 Å². The summed E-state index contributed by atoms with van der Waals surface area (Å²) in [4.78, 5) is 0. The zero-order valence-corrected chi connectivity index (χ0v) is 13.0. The summed E-state index contributed by atoms with van der Waals surface area (Å²) in [6.07, 6.45) is 0.705. The lowest BCUT2D eigenvalue weighted by Gasteiger charge is -2.34. The van der Waals surface area contributed by atoms with Gasteiger partial charge in [-0.3, -0.25) is 0 Å². The van der Waals surface area contributed by atoms with Crippen molar-refractivity contribution < 1.29 is 0 Å². The van der Waals surface area contributed by atoms with Gasteiger partial charge in [0, 0.05) is 27.2 Å². The standard InChI is InChI=1S/C13H16Cl4/c1-9(2)13(7-14,8-15)6-10-11(16)4-3-5-12(10)17/h3-5,9H,6-8H2,1-2H3. The normalized spacial score (nSPS) is 12.2. The van der Waals surface area contributed by atoms with E-state index in [1.807, 2.05) is 18.2 Å². The molecule has 0 saturated carbocycles. The first-order valence-corrected chi connectivity index (χ1v) is 7.34. The SMILES string of the molecule is CC(C)C(CCl)(CCl)Cc1c(Cl)cccc1Cl. The number of rotatable bonds is 5. The van der Waals surface area contributed by atoms with E-state index in [2.05, 4.69) is 13.8 Å². The summed E-state index contributed by atoms with van der Waals surface area (Å²) >= 11 is 24.6. The van der Waals surface area contributed by atoms with Crippen molar-refractivity contribution in [2.24, 2.45) is 11.3 Å². The van der Waals surface area contributed by atoms with E-state index in [0.29, 0.717) is 34.1 Å². The smallest absolute Gasteiger partial charge is 0.0453 e. The summed E-state index contributed by atoms with van der Waals surface area (Å²) in [5.74, 6) is 1.36. The molecule has 0 nitrogen and oxygen atoms in total. The maximum absolute atomic E-state index is 6.18. The number of hydrogen-bond donors (Lipinski definition) is 0. The van der Waals surface area contributed by atoms with Crippen LogP contribution in [-0.2, 0) is 6.42 Å². The van der Waals surface area contributed by atoms with Crippen molar-refractivity contribution in [2.75, 3.05) is 11.8 Å². The Bertz CT molecular complexity index is 349. The predicted octanol–water partition coefficient (Wildman–Crippen LogP) is 5.66. The van der Waals surface area contributed by atoms with E-state index in [1.54, 1.807) is 0 Å². The predicted molar refractivity (Wildman–Crippen MR) is 78.9 cm³/mol. The summed E-state index contributed by atoms with van der Waals surface area (Å²) < 4.78 is 0. The van der Waals surface area contributed by atoms with Crippen LogP contribution in [0.1, 0.15) is 19.4 Å². The van der Waals surface area contributed by atoms with Crippen LogP contribution in [0.2, 0.25) is 10.0 Å². The second-order valence-corrected chi connectivity index (χ2v) is 6.01. The van der Waals surface area contributed by atoms with Crippen molar-refractivity contribution >= 4 is 46.4 Å². The zero-order valence-electron chi connectivity index (χ0n) is 9.94. The van der Waals surface area contributed by atoms with Crippen LogP contribution in [0.3, 0.4) is 0 Å². The topological polar surface area (TPSA) is 0 Å².